The van der Waals surface area contributed by atoms with Gasteiger partial charge < -0.3 is 9.84 Å². The zero-order valence-corrected chi connectivity index (χ0v) is 9.86. The van der Waals surface area contributed by atoms with E-state index in [0.29, 0.717) is 6.61 Å². The van der Waals surface area contributed by atoms with E-state index in [2.05, 4.69) is 6.58 Å². The lowest BCUT2D eigenvalue weighted by Gasteiger charge is -2.07. The van der Waals surface area contributed by atoms with Crippen LogP contribution in [0.25, 0.3) is 0 Å². The molecule has 0 aliphatic heterocycles. The van der Waals surface area contributed by atoms with E-state index < -0.39 is 0 Å². The molecule has 2 nitrogen and oxygen atoms in total. The van der Waals surface area contributed by atoms with E-state index in [1.807, 2.05) is 37.3 Å². The molecule has 1 N–H and O–H groups in total. The second-order valence-electron chi connectivity index (χ2n) is 3.96. The van der Waals surface area contributed by atoms with E-state index in [1.54, 1.807) is 0 Å². The maximum Gasteiger partial charge on any atom is 0.119 e. The van der Waals surface area contributed by atoms with Gasteiger partial charge in [-0.1, -0.05) is 18.2 Å². The number of aliphatic hydroxyl groups is 1. The monoisotopic (exact) mass is 220 g/mol. The summed E-state index contributed by atoms with van der Waals surface area (Å²) in [5.41, 5.74) is 1.23. The van der Waals surface area contributed by atoms with Gasteiger partial charge in [-0.25, -0.2) is 0 Å². The van der Waals surface area contributed by atoms with Gasteiger partial charge in [0.25, 0.3) is 0 Å². The average molecular weight is 220 g/mol. The van der Waals surface area contributed by atoms with Gasteiger partial charge in [-0.15, -0.1) is 6.58 Å². The van der Waals surface area contributed by atoms with Crippen LogP contribution in [0.5, 0.6) is 5.75 Å². The van der Waals surface area contributed by atoms with Gasteiger partial charge in [-0.05, 0) is 43.9 Å². The van der Waals surface area contributed by atoms with Crippen LogP contribution >= 0.6 is 0 Å². The molecule has 0 bridgehead atoms. The molecule has 1 unspecified atom stereocenters. The first-order valence-corrected chi connectivity index (χ1v) is 5.73. The number of benzene rings is 1. The fourth-order valence-corrected chi connectivity index (χ4v) is 1.39. The van der Waals surface area contributed by atoms with Crippen molar-refractivity contribution in [2.45, 2.75) is 32.3 Å². The fraction of sp³-hybridized carbons (Fsp3) is 0.429. The van der Waals surface area contributed by atoms with Crippen LogP contribution in [0.4, 0.5) is 0 Å². The Labute approximate surface area is 97.6 Å². The van der Waals surface area contributed by atoms with Crippen molar-refractivity contribution in [2.24, 2.45) is 0 Å². The first kappa shape index (κ1) is 12.8. The summed E-state index contributed by atoms with van der Waals surface area (Å²) in [5.74, 6) is 0.891. The van der Waals surface area contributed by atoms with Gasteiger partial charge in [0, 0.05) is 0 Å². The maximum atomic E-state index is 9.18. The predicted molar refractivity (Wildman–Crippen MR) is 66.8 cm³/mol. The highest BCUT2D eigenvalue weighted by molar-refractivity contribution is 5.27. The first-order valence-electron chi connectivity index (χ1n) is 5.73. The highest BCUT2D eigenvalue weighted by Gasteiger charge is 1.98. The topological polar surface area (TPSA) is 29.5 Å². The van der Waals surface area contributed by atoms with Gasteiger partial charge in [-0.3, -0.25) is 0 Å². The van der Waals surface area contributed by atoms with Crippen molar-refractivity contribution >= 4 is 0 Å². The summed E-state index contributed by atoms with van der Waals surface area (Å²) in [6.45, 7) is 6.13. The Morgan fingerprint density at radius 3 is 2.62 bits per heavy atom. The molecule has 0 aliphatic carbocycles. The molecule has 0 radical (unpaired) electrons. The van der Waals surface area contributed by atoms with E-state index in [1.165, 1.54) is 5.56 Å². The lowest BCUT2D eigenvalue weighted by Crippen LogP contribution is -2.01. The summed E-state index contributed by atoms with van der Waals surface area (Å²) in [6, 6.07) is 8.04. The number of ether oxygens (including phenoxy) is 1. The Hall–Kier alpha value is -1.28. The summed E-state index contributed by atoms with van der Waals surface area (Å²) in [4.78, 5) is 0. The standard InChI is InChI=1S/C14H20O2/c1-3-4-11-16-14-9-7-13(8-10-14)6-5-12(2)15/h3,7-10,12,15H,1,4-6,11H2,2H3. The third kappa shape index (κ3) is 4.99. The molecule has 1 atom stereocenters. The number of hydrogen-bond donors (Lipinski definition) is 1. The van der Waals surface area contributed by atoms with Gasteiger partial charge in [0.2, 0.25) is 0 Å². The van der Waals surface area contributed by atoms with E-state index in [9.17, 15) is 5.11 Å². The van der Waals surface area contributed by atoms with Crippen LogP contribution < -0.4 is 4.74 Å². The molecule has 0 saturated heterocycles. The van der Waals surface area contributed by atoms with Crippen LogP contribution in [-0.4, -0.2) is 17.8 Å². The Balaban J connectivity index is 2.38. The molecule has 0 amide bonds. The summed E-state index contributed by atoms with van der Waals surface area (Å²) >= 11 is 0. The number of aliphatic hydroxyl groups excluding tert-OH is 1. The first-order chi connectivity index (χ1) is 7.72. The minimum Gasteiger partial charge on any atom is -0.493 e. The van der Waals surface area contributed by atoms with Crippen LogP contribution in [0, 0.1) is 0 Å². The molecule has 0 spiro atoms. The van der Waals surface area contributed by atoms with E-state index in [-0.39, 0.29) is 6.10 Å². The minimum absolute atomic E-state index is 0.233. The smallest absolute Gasteiger partial charge is 0.119 e. The average Bonchev–Trinajstić information content (AvgIpc) is 2.28. The quantitative estimate of drug-likeness (QED) is 0.565. The number of aryl methyl sites for hydroxylation is 1. The van der Waals surface area contributed by atoms with Crippen molar-refractivity contribution in [3.05, 3.63) is 42.5 Å². The molecule has 1 rings (SSSR count). The molecule has 1 aromatic rings. The summed E-state index contributed by atoms with van der Waals surface area (Å²) in [5, 5.41) is 9.18. The van der Waals surface area contributed by atoms with Crippen molar-refractivity contribution in [3.8, 4) is 5.75 Å². The van der Waals surface area contributed by atoms with Crippen LogP contribution in [0.1, 0.15) is 25.3 Å². The van der Waals surface area contributed by atoms with Crippen molar-refractivity contribution in [3.63, 3.8) is 0 Å². The van der Waals surface area contributed by atoms with Gasteiger partial charge in [0.1, 0.15) is 5.75 Å². The fourth-order valence-electron chi connectivity index (χ4n) is 1.39. The minimum atomic E-state index is -0.233. The second kappa shape index (κ2) is 7.07. The Morgan fingerprint density at radius 1 is 1.38 bits per heavy atom. The largest absolute Gasteiger partial charge is 0.493 e. The van der Waals surface area contributed by atoms with Crippen molar-refractivity contribution in [1.82, 2.24) is 0 Å². The summed E-state index contributed by atoms with van der Waals surface area (Å²) in [6.07, 6.45) is 4.19. The Bertz CT molecular complexity index is 301. The number of rotatable bonds is 7. The molecular weight excluding hydrogens is 200 g/mol. The predicted octanol–water partition coefficient (Wildman–Crippen LogP) is 2.95. The van der Waals surface area contributed by atoms with E-state index in [0.717, 1.165) is 25.0 Å². The van der Waals surface area contributed by atoms with Gasteiger partial charge in [-0.2, -0.15) is 0 Å². The maximum absolute atomic E-state index is 9.18. The van der Waals surface area contributed by atoms with Gasteiger partial charge in [0.05, 0.1) is 12.7 Å². The highest BCUT2D eigenvalue weighted by Crippen LogP contribution is 2.14. The molecule has 2 heteroatoms. The summed E-state index contributed by atoms with van der Waals surface area (Å²) in [7, 11) is 0. The lowest BCUT2D eigenvalue weighted by molar-refractivity contribution is 0.185. The normalized spacial score (nSPS) is 12.1. The van der Waals surface area contributed by atoms with E-state index in [4.69, 9.17) is 4.74 Å². The van der Waals surface area contributed by atoms with Crippen LogP contribution in [-0.2, 0) is 6.42 Å². The molecule has 0 fully saturated rings. The van der Waals surface area contributed by atoms with E-state index >= 15 is 0 Å². The van der Waals surface area contributed by atoms with Crippen molar-refractivity contribution < 1.29 is 9.84 Å². The van der Waals surface area contributed by atoms with Gasteiger partial charge in [0.15, 0.2) is 0 Å². The second-order valence-corrected chi connectivity index (χ2v) is 3.96. The molecule has 0 aromatic heterocycles. The third-order valence-electron chi connectivity index (χ3n) is 2.36. The Morgan fingerprint density at radius 2 is 2.06 bits per heavy atom. The van der Waals surface area contributed by atoms with Crippen LogP contribution in [0.2, 0.25) is 0 Å². The molecule has 0 heterocycles. The lowest BCUT2D eigenvalue weighted by atomic mass is 10.1. The zero-order chi connectivity index (χ0) is 11.8. The van der Waals surface area contributed by atoms with Crippen molar-refractivity contribution in [1.29, 1.82) is 0 Å². The van der Waals surface area contributed by atoms with Crippen LogP contribution in [0.15, 0.2) is 36.9 Å². The molecule has 0 saturated carbocycles. The van der Waals surface area contributed by atoms with Gasteiger partial charge >= 0.3 is 0 Å². The highest BCUT2D eigenvalue weighted by atomic mass is 16.5. The molecular formula is C14H20O2. The Kier molecular flexibility index (Phi) is 5.65. The molecule has 16 heavy (non-hydrogen) atoms. The molecule has 0 aliphatic rings. The van der Waals surface area contributed by atoms with Crippen LogP contribution in [0.3, 0.4) is 0 Å². The summed E-state index contributed by atoms with van der Waals surface area (Å²) < 4.78 is 5.51. The zero-order valence-electron chi connectivity index (χ0n) is 9.86. The van der Waals surface area contributed by atoms with Crippen molar-refractivity contribution in [2.75, 3.05) is 6.61 Å². The number of hydrogen-bond acceptors (Lipinski definition) is 2. The molecule has 1 aromatic carbocycles. The third-order valence-corrected chi connectivity index (χ3v) is 2.36. The SMILES string of the molecule is C=CCCOc1ccc(CCC(C)O)cc1. The molecule has 88 valence electrons.